The number of rotatable bonds is 0. The number of benzene rings is 1. The van der Waals surface area contributed by atoms with Crippen LogP contribution in [0.15, 0.2) is 18.2 Å². The topological polar surface area (TPSA) is 40.5 Å². The molecule has 9 heavy (non-hydrogen) atoms. The van der Waals surface area contributed by atoms with Crippen LogP contribution in [-0.2, 0) is 0 Å². The third kappa shape index (κ3) is 1.39. The van der Waals surface area contributed by atoms with E-state index in [-0.39, 0.29) is 11.5 Å². The van der Waals surface area contributed by atoms with Crippen LogP contribution in [0.4, 0.5) is 0 Å². The van der Waals surface area contributed by atoms with E-state index < -0.39 is 0 Å². The van der Waals surface area contributed by atoms with Crippen molar-refractivity contribution in [3.63, 3.8) is 0 Å². The van der Waals surface area contributed by atoms with E-state index >= 15 is 0 Å². The van der Waals surface area contributed by atoms with E-state index in [1.54, 1.807) is 12.1 Å². The Morgan fingerprint density at radius 2 is 1.89 bits per heavy atom. The first kappa shape index (κ1) is 6.93. The average Bonchev–Trinajstić information content (AvgIpc) is 1.83. The molecule has 1 aromatic rings. The van der Waals surface area contributed by atoms with Gasteiger partial charge in [0.15, 0.2) is 0 Å². The molecular formula is C6H5NaO2. The predicted molar refractivity (Wildman–Crippen MR) is 35.2 cm³/mol. The van der Waals surface area contributed by atoms with Gasteiger partial charge in [-0.1, -0.05) is 0 Å². The van der Waals surface area contributed by atoms with Crippen LogP contribution in [0.3, 0.4) is 0 Å². The molecule has 0 heterocycles. The first-order valence-electron chi connectivity index (χ1n) is 2.69. The quantitative estimate of drug-likeness (QED) is 0.382. The Kier molecular flexibility index (Phi) is 2.01. The van der Waals surface area contributed by atoms with Crippen molar-refractivity contribution in [3.05, 3.63) is 18.2 Å². The first-order chi connectivity index (χ1) is 4.22. The molecule has 0 bridgehead atoms. The number of para-hydroxylation sites is 1. The van der Waals surface area contributed by atoms with Crippen LogP contribution in [0, 0.1) is 0 Å². The summed E-state index contributed by atoms with van der Waals surface area (Å²) >= 11 is 0.765. The second-order valence-electron chi connectivity index (χ2n) is 1.94. The molecule has 0 saturated carbocycles. The van der Waals surface area contributed by atoms with E-state index in [9.17, 15) is 0 Å². The summed E-state index contributed by atoms with van der Waals surface area (Å²) in [5.41, 5.74) is 0. The molecule has 0 fully saturated rings. The van der Waals surface area contributed by atoms with Gasteiger partial charge in [0.1, 0.15) is 0 Å². The van der Waals surface area contributed by atoms with Gasteiger partial charge >= 0.3 is 70.7 Å². The van der Waals surface area contributed by atoms with E-state index in [1.165, 1.54) is 6.07 Å². The zero-order chi connectivity index (χ0) is 6.85. The summed E-state index contributed by atoms with van der Waals surface area (Å²) < 4.78 is 0.829. The van der Waals surface area contributed by atoms with E-state index in [0.29, 0.717) is 0 Å². The molecule has 42 valence electrons. The van der Waals surface area contributed by atoms with Crippen LogP contribution < -0.4 is 2.81 Å². The van der Waals surface area contributed by atoms with E-state index in [1.807, 2.05) is 0 Å². The summed E-state index contributed by atoms with van der Waals surface area (Å²) in [6, 6.07) is 4.98. The van der Waals surface area contributed by atoms with E-state index in [2.05, 4.69) is 0 Å². The zero-order valence-electron chi connectivity index (χ0n) is 5.13. The molecule has 1 aromatic carbocycles. The molecule has 1 rings (SSSR count). The third-order valence-corrected chi connectivity index (χ3v) is 2.02. The Morgan fingerprint density at radius 3 is 2.33 bits per heavy atom. The Bertz CT molecular complexity index is 202. The molecule has 3 heteroatoms. The molecule has 0 aliphatic carbocycles. The SMILES string of the molecule is Oc1ccc[c]([Na])c1O. The fraction of sp³-hybridized carbons (Fsp3) is 0. The Morgan fingerprint density at radius 1 is 1.22 bits per heavy atom. The third-order valence-electron chi connectivity index (χ3n) is 1.22. The van der Waals surface area contributed by atoms with Gasteiger partial charge in [-0.25, -0.2) is 0 Å². The molecule has 0 amide bonds. The molecule has 2 N–H and O–H groups in total. The molecule has 0 aliphatic rings. The van der Waals surface area contributed by atoms with E-state index in [0.717, 1.165) is 30.7 Å². The van der Waals surface area contributed by atoms with Gasteiger partial charge in [0.25, 0.3) is 0 Å². The van der Waals surface area contributed by atoms with Gasteiger partial charge in [-0.2, -0.15) is 0 Å². The minimum absolute atomic E-state index is 0.0255. The van der Waals surface area contributed by atoms with Crippen molar-refractivity contribution in [2.45, 2.75) is 0 Å². The number of hydrogen-bond acceptors (Lipinski definition) is 2. The molecule has 0 unspecified atom stereocenters. The summed E-state index contributed by atoms with van der Waals surface area (Å²) in [7, 11) is 0. The van der Waals surface area contributed by atoms with Crippen LogP contribution in [0.1, 0.15) is 0 Å². The molecule has 0 saturated heterocycles. The number of aromatic hydroxyl groups is 2. The minimum atomic E-state index is -0.0255. The molecule has 0 radical (unpaired) electrons. The van der Waals surface area contributed by atoms with Crippen LogP contribution >= 0.6 is 0 Å². The van der Waals surface area contributed by atoms with Gasteiger partial charge in [-0.3, -0.25) is 0 Å². The van der Waals surface area contributed by atoms with Crippen molar-refractivity contribution < 1.29 is 10.2 Å². The standard InChI is InChI=1S/C6H5O2.Na/c7-5-3-1-2-4-6(5)8;/h1-3,7-8H;. The maximum atomic E-state index is 8.99. The van der Waals surface area contributed by atoms with Gasteiger partial charge in [0, 0.05) is 0 Å². The van der Waals surface area contributed by atoms with Crippen molar-refractivity contribution in [1.29, 1.82) is 0 Å². The van der Waals surface area contributed by atoms with Gasteiger partial charge < -0.3 is 0 Å². The molecular weight excluding hydrogens is 127 g/mol. The second kappa shape index (κ2) is 2.60. The summed E-state index contributed by atoms with van der Waals surface area (Å²) in [5.74, 6) is 0.00617. The first-order valence-corrected chi connectivity index (χ1v) is 3.69. The summed E-state index contributed by atoms with van der Waals surface area (Å²) in [6.45, 7) is 0. The van der Waals surface area contributed by atoms with Gasteiger partial charge in [0.05, 0.1) is 0 Å². The Labute approximate surface area is 70.6 Å². The molecule has 0 spiro atoms. The summed E-state index contributed by atoms with van der Waals surface area (Å²) in [4.78, 5) is 0. The van der Waals surface area contributed by atoms with Crippen LogP contribution in [-0.4, -0.2) is 38.1 Å². The van der Waals surface area contributed by atoms with Crippen molar-refractivity contribution in [3.8, 4) is 11.5 Å². The predicted octanol–water partition coefficient (Wildman–Crippen LogP) is -0.108. The van der Waals surface area contributed by atoms with Gasteiger partial charge in [-0.15, -0.1) is 0 Å². The monoisotopic (exact) mass is 132 g/mol. The normalized spacial score (nSPS) is 9.56. The van der Waals surface area contributed by atoms with Crippen LogP contribution in [0.2, 0.25) is 0 Å². The zero-order valence-corrected chi connectivity index (χ0v) is 7.13. The average molecular weight is 132 g/mol. The number of hydrogen-bond donors (Lipinski definition) is 2. The molecule has 0 atom stereocenters. The van der Waals surface area contributed by atoms with Crippen LogP contribution in [0.5, 0.6) is 11.5 Å². The molecule has 0 aliphatic heterocycles. The fourth-order valence-electron chi connectivity index (χ4n) is 0.643. The Balaban J connectivity index is 3.25. The Hall–Kier alpha value is -0.180. The number of phenols is 2. The summed E-state index contributed by atoms with van der Waals surface area (Å²) in [6.07, 6.45) is 0. The van der Waals surface area contributed by atoms with Crippen molar-refractivity contribution in [1.82, 2.24) is 0 Å². The fourth-order valence-corrected chi connectivity index (χ4v) is 1.09. The molecule has 2 nitrogen and oxygen atoms in total. The summed E-state index contributed by atoms with van der Waals surface area (Å²) in [5, 5.41) is 17.9. The van der Waals surface area contributed by atoms with E-state index in [4.69, 9.17) is 10.2 Å². The van der Waals surface area contributed by atoms with Crippen molar-refractivity contribution >= 4 is 30.7 Å². The maximum absolute atomic E-state index is 8.99. The molecule has 0 aromatic heterocycles. The number of phenolic OH excluding ortho intramolecular Hbond substituents is 2. The second-order valence-corrected chi connectivity index (χ2v) is 3.02. The van der Waals surface area contributed by atoms with Crippen molar-refractivity contribution in [2.24, 2.45) is 0 Å². The van der Waals surface area contributed by atoms with Gasteiger partial charge in [-0.05, 0) is 0 Å². The van der Waals surface area contributed by atoms with Crippen molar-refractivity contribution in [2.75, 3.05) is 0 Å². The van der Waals surface area contributed by atoms with Crippen LogP contribution in [0.25, 0.3) is 0 Å². The van der Waals surface area contributed by atoms with Gasteiger partial charge in [0.2, 0.25) is 0 Å².